The lowest BCUT2D eigenvalue weighted by molar-refractivity contribution is 0.451. The molecular formula is C12H16FNO2S. The molecule has 0 saturated carbocycles. The summed E-state index contributed by atoms with van der Waals surface area (Å²) >= 11 is 0. The monoisotopic (exact) mass is 257 g/mol. The lowest BCUT2D eigenvalue weighted by Gasteiger charge is -2.24. The molecule has 1 fully saturated rings. The largest absolute Gasteiger partial charge is 0.316 e. The average Bonchev–Trinajstić information content (AvgIpc) is 2.28. The van der Waals surface area contributed by atoms with Crippen molar-refractivity contribution in [1.82, 2.24) is 5.32 Å². The molecule has 1 atom stereocenters. The summed E-state index contributed by atoms with van der Waals surface area (Å²) in [5, 5.41) is 3.21. The second-order valence-electron chi connectivity index (χ2n) is 4.47. The van der Waals surface area contributed by atoms with Crippen molar-refractivity contribution in [1.29, 1.82) is 0 Å². The summed E-state index contributed by atoms with van der Waals surface area (Å²) in [5.74, 6) is -0.556. The van der Waals surface area contributed by atoms with Gasteiger partial charge >= 0.3 is 0 Å². The molecule has 17 heavy (non-hydrogen) atoms. The molecule has 3 nitrogen and oxygen atoms in total. The van der Waals surface area contributed by atoms with Crippen molar-refractivity contribution in [3.63, 3.8) is 0 Å². The van der Waals surface area contributed by atoms with E-state index >= 15 is 0 Å². The summed E-state index contributed by atoms with van der Waals surface area (Å²) in [6.45, 7) is 1.66. The minimum absolute atomic E-state index is 0.0872. The van der Waals surface area contributed by atoms with Gasteiger partial charge in [0.25, 0.3) is 0 Å². The van der Waals surface area contributed by atoms with Crippen LogP contribution in [0.2, 0.25) is 0 Å². The Morgan fingerprint density at radius 3 is 2.76 bits per heavy atom. The average molecular weight is 257 g/mol. The van der Waals surface area contributed by atoms with Gasteiger partial charge in [0.05, 0.1) is 0 Å². The SMILES string of the molecule is CS(=O)(=O)c1c(F)cccc1C1CCCNC1. The van der Waals surface area contributed by atoms with Crippen molar-refractivity contribution in [2.45, 2.75) is 23.7 Å². The van der Waals surface area contributed by atoms with Gasteiger partial charge in [0, 0.05) is 12.8 Å². The van der Waals surface area contributed by atoms with Crippen LogP contribution in [0.1, 0.15) is 24.3 Å². The number of halogens is 1. The first kappa shape index (κ1) is 12.5. The highest BCUT2D eigenvalue weighted by molar-refractivity contribution is 7.90. The van der Waals surface area contributed by atoms with Crippen LogP contribution in [-0.2, 0) is 9.84 Å². The first-order chi connectivity index (χ1) is 8.00. The Bertz CT molecular complexity index is 507. The van der Waals surface area contributed by atoms with Crippen LogP contribution in [0.4, 0.5) is 4.39 Å². The van der Waals surface area contributed by atoms with Gasteiger partial charge in [-0.05, 0) is 36.9 Å². The molecule has 1 saturated heterocycles. The lowest BCUT2D eigenvalue weighted by Crippen LogP contribution is -2.29. The van der Waals surface area contributed by atoms with Crippen LogP contribution in [0, 0.1) is 5.82 Å². The molecule has 1 N–H and O–H groups in total. The zero-order valence-electron chi connectivity index (χ0n) is 9.74. The van der Waals surface area contributed by atoms with Crippen molar-refractivity contribution < 1.29 is 12.8 Å². The van der Waals surface area contributed by atoms with Crippen molar-refractivity contribution in [2.75, 3.05) is 19.3 Å². The Morgan fingerprint density at radius 2 is 2.18 bits per heavy atom. The van der Waals surface area contributed by atoms with E-state index in [9.17, 15) is 12.8 Å². The van der Waals surface area contributed by atoms with Gasteiger partial charge in [-0.3, -0.25) is 0 Å². The van der Waals surface area contributed by atoms with E-state index in [0.29, 0.717) is 12.1 Å². The van der Waals surface area contributed by atoms with E-state index in [2.05, 4.69) is 5.32 Å². The second kappa shape index (κ2) is 4.74. The maximum atomic E-state index is 13.7. The van der Waals surface area contributed by atoms with Crippen LogP contribution in [0.5, 0.6) is 0 Å². The van der Waals surface area contributed by atoms with E-state index in [1.807, 2.05) is 0 Å². The topological polar surface area (TPSA) is 46.2 Å². The van der Waals surface area contributed by atoms with Gasteiger partial charge in [-0.25, -0.2) is 12.8 Å². The molecule has 5 heteroatoms. The van der Waals surface area contributed by atoms with E-state index in [0.717, 1.165) is 25.6 Å². The quantitative estimate of drug-likeness (QED) is 0.877. The highest BCUT2D eigenvalue weighted by Crippen LogP contribution is 2.30. The maximum Gasteiger partial charge on any atom is 0.178 e. The van der Waals surface area contributed by atoms with Gasteiger partial charge in [-0.15, -0.1) is 0 Å². The summed E-state index contributed by atoms with van der Waals surface area (Å²) in [6.07, 6.45) is 2.95. The van der Waals surface area contributed by atoms with Crippen LogP contribution in [0.15, 0.2) is 23.1 Å². The molecule has 1 aliphatic rings. The van der Waals surface area contributed by atoms with Crippen molar-refractivity contribution in [3.8, 4) is 0 Å². The van der Waals surface area contributed by atoms with E-state index in [-0.39, 0.29) is 10.8 Å². The number of piperidine rings is 1. The lowest BCUT2D eigenvalue weighted by atomic mass is 9.91. The van der Waals surface area contributed by atoms with Gasteiger partial charge in [0.1, 0.15) is 10.7 Å². The Labute approximate surface area is 101 Å². The third kappa shape index (κ3) is 2.66. The minimum atomic E-state index is -3.52. The Kier molecular flexibility index (Phi) is 3.49. The fourth-order valence-corrected chi connectivity index (χ4v) is 3.44. The maximum absolute atomic E-state index is 13.7. The highest BCUT2D eigenvalue weighted by atomic mass is 32.2. The van der Waals surface area contributed by atoms with Crippen LogP contribution in [0.3, 0.4) is 0 Å². The van der Waals surface area contributed by atoms with Crippen LogP contribution >= 0.6 is 0 Å². The zero-order valence-corrected chi connectivity index (χ0v) is 10.6. The van der Waals surface area contributed by atoms with Crippen LogP contribution in [-0.4, -0.2) is 27.8 Å². The van der Waals surface area contributed by atoms with Crippen molar-refractivity contribution in [2.24, 2.45) is 0 Å². The molecule has 1 aromatic rings. The number of nitrogens with one attached hydrogen (secondary N) is 1. The smallest absolute Gasteiger partial charge is 0.178 e. The predicted molar refractivity (Wildman–Crippen MR) is 64.4 cm³/mol. The number of rotatable bonds is 2. The van der Waals surface area contributed by atoms with Crippen molar-refractivity contribution >= 4 is 9.84 Å². The van der Waals surface area contributed by atoms with Gasteiger partial charge in [0.15, 0.2) is 9.84 Å². The van der Waals surface area contributed by atoms with E-state index < -0.39 is 15.7 Å². The zero-order chi connectivity index (χ0) is 12.5. The fourth-order valence-electron chi connectivity index (χ4n) is 2.36. The summed E-state index contributed by atoms with van der Waals surface area (Å²) in [7, 11) is -3.52. The van der Waals surface area contributed by atoms with Gasteiger partial charge in [-0.1, -0.05) is 12.1 Å². The molecule has 1 heterocycles. The van der Waals surface area contributed by atoms with Gasteiger partial charge in [0.2, 0.25) is 0 Å². The summed E-state index contributed by atoms with van der Waals surface area (Å²) in [6, 6.07) is 4.50. The molecule has 0 radical (unpaired) electrons. The normalized spacial score (nSPS) is 21.4. The van der Waals surface area contributed by atoms with Crippen LogP contribution < -0.4 is 5.32 Å². The number of hydrogen-bond donors (Lipinski definition) is 1. The molecule has 0 amide bonds. The fraction of sp³-hybridized carbons (Fsp3) is 0.500. The number of sulfone groups is 1. The summed E-state index contributed by atoms with van der Waals surface area (Å²) in [5.41, 5.74) is 0.611. The second-order valence-corrected chi connectivity index (χ2v) is 6.43. The third-order valence-corrected chi connectivity index (χ3v) is 4.28. The standard InChI is InChI=1S/C12H16FNO2S/c1-17(15,16)12-10(5-2-6-11(12)13)9-4-3-7-14-8-9/h2,5-6,9,14H,3-4,7-8H2,1H3. The third-order valence-electron chi connectivity index (χ3n) is 3.10. The number of hydrogen-bond acceptors (Lipinski definition) is 3. The van der Waals surface area contributed by atoms with E-state index in [1.165, 1.54) is 6.07 Å². The first-order valence-electron chi connectivity index (χ1n) is 5.69. The number of benzene rings is 1. The molecule has 1 aromatic carbocycles. The molecule has 0 aliphatic carbocycles. The van der Waals surface area contributed by atoms with Crippen molar-refractivity contribution in [3.05, 3.63) is 29.6 Å². The Hall–Kier alpha value is -0.940. The predicted octanol–water partition coefficient (Wildman–Crippen LogP) is 1.70. The van der Waals surface area contributed by atoms with E-state index in [1.54, 1.807) is 12.1 Å². The highest BCUT2D eigenvalue weighted by Gasteiger charge is 2.25. The molecule has 1 unspecified atom stereocenters. The Morgan fingerprint density at radius 1 is 1.41 bits per heavy atom. The van der Waals surface area contributed by atoms with Gasteiger partial charge < -0.3 is 5.32 Å². The molecular weight excluding hydrogens is 241 g/mol. The van der Waals surface area contributed by atoms with Crippen LogP contribution in [0.25, 0.3) is 0 Å². The molecule has 1 aliphatic heterocycles. The summed E-state index contributed by atoms with van der Waals surface area (Å²) in [4.78, 5) is -0.131. The molecule has 0 aromatic heterocycles. The minimum Gasteiger partial charge on any atom is -0.316 e. The summed E-state index contributed by atoms with van der Waals surface area (Å²) < 4.78 is 37.0. The molecule has 0 bridgehead atoms. The van der Waals surface area contributed by atoms with E-state index in [4.69, 9.17) is 0 Å². The molecule has 0 spiro atoms. The van der Waals surface area contributed by atoms with Gasteiger partial charge in [-0.2, -0.15) is 0 Å². The Balaban J connectivity index is 2.49. The molecule has 94 valence electrons. The molecule has 2 rings (SSSR count). The first-order valence-corrected chi connectivity index (χ1v) is 7.58.